The average molecular weight is 223 g/mol. The fourth-order valence-corrected chi connectivity index (χ4v) is 1.21. The molecule has 0 radical (unpaired) electrons. The predicted octanol–water partition coefficient (Wildman–Crippen LogP) is 1.96. The lowest BCUT2D eigenvalue weighted by Gasteiger charge is -2.19. The maximum absolute atomic E-state index is 11.1. The molecule has 5 heteroatoms. The molecule has 0 atom stereocenters. The van der Waals surface area contributed by atoms with Gasteiger partial charge in [0.1, 0.15) is 5.69 Å². The van der Waals surface area contributed by atoms with Crippen molar-refractivity contribution >= 4 is 11.5 Å². The van der Waals surface area contributed by atoms with Gasteiger partial charge in [0.2, 0.25) is 0 Å². The molecule has 88 valence electrons. The zero-order valence-corrected chi connectivity index (χ0v) is 10.1. The average Bonchev–Trinajstić information content (AvgIpc) is 2.60. The Bertz CT molecular complexity index is 413. The number of nitrogens with zero attached hydrogens (tertiary/aromatic N) is 3. The second-order valence-electron chi connectivity index (χ2n) is 4.75. The zero-order chi connectivity index (χ0) is 12.3. The second kappa shape index (κ2) is 4.47. The minimum atomic E-state index is -0.225. The highest BCUT2D eigenvalue weighted by molar-refractivity contribution is 5.92. The van der Waals surface area contributed by atoms with Gasteiger partial charge in [-0.05, 0) is 6.07 Å². The van der Waals surface area contributed by atoms with E-state index in [9.17, 15) is 4.79 Å². The lowest BCUT2D eigenvalue weighted by Crippen LogP contribution is -2.25. The largest absolute Gasteiger partial charge is 0.411 e. The fraction of sp³-hybridized carbons (Fsp3) is 0.545. The lowest BCUT2D eigenvalue weighted by molar-refractivity contribution is 0.101. The standard InChI is InChI=1S/C11H17N3O2/c1-8(15)9-5-6-14(12-9)7-10(13-16)11(2,3)4/h5-6,16H,7H2,1-4H3/b13-10-. The number of carbonyl (C=O) groups excluding carboxylic acids is 1. The van der Waals surface area contributed by atoms with Crippen molar-refractivity contribution in [2.45, 2.75) is 34.2 Å². The molecular weight excluding hydrogens is 206 g/mol. The van der Waals surface area contributed by atoms with E-state index in [0.29, 0.717) is 18.0 Å². The summed E-state index contributed by atoms with van der Waals surface area (Å²) in [5.41, 5.74) is 0.814. The van der Waals surface area contributed by atoms with E-state index >= 15 is 0 Å². The molecule has 1 heterocycles. The Morgan fingerprint density at radius 2 is 2.19 bits per heavy atom. The molecular formula is C11H17N3O2. The topological polar surface area (TPSA) is 67.5 Å². The summed E-state index contributed by atoms with van der Waals surface area (Å²) in [5, 5.41) is 16.3. The first-order chi connectivity index (χ1) is 7.34. The number of Topliss-reactive ketones (excluding diaryl/α,β-unsaturated/α-hetero) is 1. The van der Waals surface area contributed by atoms with Crippen LogP contribution in [0.2, 0.25) is 0 Å². The van der Waals surface area contributed by atoms with Gasteiger partial charge in [-0.15, -0.1) is 0 Å². The van der Waals surface area contributed by atoms with Crippen molar-refractivity contribution in [3.8, 4) is 0 Å². The molecule has 1 aromatic rings. The van der Waals surface area contributed by atoms with Crippen molar-refractivity contribution in [3.63, 3.8) is 0 Å². The van der Waals surface area contributed by atoms with E-state index in [1.54, 1.807) is 16.9 Å². The molecule has 0 amide bonds. The molecule has 0 fully saturated rings. The third-order valence-electron chi connectivity index (χ3n) is 2.30. The first kappa shape index (κ1) is 12.4. The van der Waals surface area contributed by atoms with Gasteiger partial charge in [0.15, 0.2) is 5.78 Å². The molecule has 16 heavy (non-hydrogen) atoms. The van der Waals surface area contributed by atoms with Crippen LogP contribution < -0.4 is 0 Å². The van der Waals surface area contributed by atoms with Crippen LogP contribution >= 0.6 is 0 Å². The molecule has 0 aliphatic carbocycles. The quantitative estimate of drug-likeness (QED) is 0.368. The summed E-state index contributed by atoms with van der Waals surface area (Å²) < 4.78 is 1.59. The highest BCUT2D eigenvalue weighted by Gasteiger charge is 2.20. The minimum absolute atomic E-state index is 0.0722. The monoisotopic (exact) mass is 223 g/mol. The van der Waals surface area contributed by atoms with Crippen molar-refractivity contribution in [3.05, 3.63) is 18.0 Å². The smallest absolute Gasteiger partial charge is 0.179 e. The summed E-state index contributed by atoms with van der Waals surface area (Å²) in [5.74, 6) is -0.0722. The Balaban J connectivity index is 2.84. The molecule has 1 N–H and O–H groups in total. The van der Waals surface area contributed by atoms with Gasteiger partial charge in [0.05, 0.1) is 12.3 Å². The zero-order valence-electron chi connectivity index (χ0n) is 10.1. The first-order valence-electron chi connectivity index (χ1n) is 5.10. The van der Waals surface area contributed by atoms with Gasteiger partial charge in [-0.2, -0.15) is 5.10 Å². The van der Waals surface area contributed by atoms with E-state index in [1.165, 1.54) is 6.92 Å². The molecule has 0 bridgehead atoms. The number of hydrogen-bond acceptors (Lipinski definition) is 4. The normalized spacial score (nSPS) is 12.9. The SMILES string of the molecule is CC(=O)c1ccn(C/C(=N/O)C(C)(C)C)n1. The van der Waals surface area contributed by atoms with Crippen LogP contribution in [0.5, 0.6) is 0 Å². The third-order valence-corrected chi connectivity index (χ3v) is 2.30. The minimum Gasteiger partial charge on any atom is -0.411 e. The van der Waals surface area contributed by atoms with Crippen molar-refractivity contribution in [1.82, 2.24) is 9.78 Å². The number of aromatic nitrogens is 2. The first-order valence-corrected chi connectivity index (χ1v) is 5.10. The molecule has 0 spiro atoms. The predicted molar refractivity (Wildman–Crippen MR) is 60.9 cm³/mol. The number of ketones is 1. The van der Waals surface area contributed by atoms with E-state index in [2.05, 4.69) is 10.3 Å². The van der Waals surface area contributed by atoms with Gasteiger partial charge in [-0.1, -0.05) is 25.9 Å². The van der Waals surface area contributed by atoms with E-state index in [4.69, 9.17) is 5.21 Å². The van der Waals surface area contributed by atoms with Gasteiger partial charge >= 0.3 is 0 Å². The number of rotatable bonds is 3. The van der Waals surface area contributed by atoms with Crippen LogP contribution in [0.3, 0.4) is 0 Å². The highest BCUT2D eigenvalue weighted by atomic mass is 16.4. The summed E-state index contributed by atoms with van der Waals surface area (Å²) in [4.78, 5) is 11.1. The third kappa shape index (κ3) is 2.92. The van der Waals surface area contributed by atoms with Gasteiger partial charge in [-0.3, -0.25) is 9.48 Å². The van der Waals surface area contributed by atoms with Crippen LogP contribution in [0, 0.1) is 5.41 Å². The van der Waals surface area contributed by atoms with Gasteiger partial charge < -0.3 is 5.21 Å². The van der Waals surface area contributed by atoms with Crippen LogP contribution in [0.4, 0.5) is 0 Å². The second-order valence-corrected chi connectivity index (χ2v) is 4.75. The molecule has 0 aromatic carbocycles. The summed E-state index contributed by atoms with van der Waals surface area (Å²) in [6.07, 6.45) is 1.70. The molecule has 1 aromatic heterocycles. The van der Waals surface area contributed by atoms with Crippen molar-refractivity contribution < 1.29 is 10.0 Å². The fourth-order valence-electron chi connectivity index (χ4n) is 1.21. The van der Waals surface area contributed by atoms with Crippen LogP contribution in [-0.2, 0) is 6.54 Å². The molecule has 0 saturated carbocycles. The number of oxime groups is 1. The molecule has 0 aliphatic heterocycles. The van der Waals surface area contributed by atoms with E-state index < -0.39 is 0 Å². The van der Waals surface area contributed by atoms with Crippen LogP contribution in [0.25, 0.3) is 0 Å². The van der Waals surface area contributed by atoms with E-state index in [-0.39, 0.29) is 11.2 Å². The van der Waals surface area contributed by atoms with Crippen molar-refractivity contribution in [1.29, 1.82) is 0 Å². The maximum Gasteiger partial charge on any atom is 0.179 e. The van der Waals surface area contributed by atoms with Crippen LogP contribution in [0.1, 0.15) is 38.2 Å². The van der Waals surface area contributed by atoms with E-state index in [0.717, 1.165) is 0 Å². The maximum atomic E-state index is 11.1. The lowest BCUT2D eigenvalue weighted by atomic mass is 9.90. The molecule has 0 aliphatic rings. The van der Waals surface area contributed by atoms with Gasteiger partial charge in [0, 0.05) is 18.5 Å². The summed E-state index contributed by atoms with van der Waals surface area (Å²) in [6, 6.07) is 1.65. The van der Waals surface area contributed by atoms with Crippen LogP contribution in [-0.4, -0.2) is 26.5 Å². The Morgan fingerprint density at radius 3 is 2.56 bits per heavy atom. The summed E-state index contributed by atoms with van der Waals surface area (Å²) in [6.45, 7) is 7.72. The molecule has 0 unspecified atom stereocenters. The van der Waals surface area contributed by atoms with Gasteiger partial charge in [0.25, 0.3) is 0 Å². The number of carbonyl (C=O) groups is 1. The Kier molecular flexibility index (Phi) is 3.47. The summed E-state index contributed by atoms with van der Waals surface area (Å²) >= 11 is 0. The Hall–Kier alpha value is -1.65. The van der Waals surface area contributed by atoms with Crippen LogP contribution in [0.15, 0.2) is 17.4 Å². The molecule has 5 nitrogen and oxygen atoms in total. The number of hydrogen-bond donors (Lipinski definition) is 1. The van der Waals surface area contributed by atoms with Crippen molar-refractivity contribution in [2.75, 3.05) is 0 Å². The highest BCUT2D eigenvalue weighted by Crippen LogP contribution is 2.17. The van der Waals surface area contributed by atoms with Crippen molar-refractivity contribution in [2.24, 2.45) is 10.6 Å². The van der Waals surface area contributed by atoms with Gasteiger partial charge in [-0.25, -0.2) is 0 Å². The summed E-state index contributed by atoms with van der Waals surface area (Å²) in [7, 11) is 0. The molecule has 0 saturated heterocycles. The van der Waals surface area contributed by atoms with E-state index in [1.807, 2.05) is 20.8 Å². The Labute approximate surface area is 94.8 Å². The molecule has 1 rings (SSSR count). The Morgan fingerprint density at radius 1 is 1.56 bits per heavy atom.